The van der Waals surface area contributed by atoms with Crippen LogP contribution >= 0.6 is 0 Å². The lowest BCUT2D eigenvalue weighted by atomic mass is 9.72. The molecule has 1 unspecified atom stereocenters. The second-order valence-corrected chi connectivity index (χ2v) is 9.16. The van der Waals surface area contributed by atoms with Crippen LogP contribution in [0.4, 0.5) is 4.39 Å². The van der Waals surface area contributed by atoms with Gasteiger partial charge in [-0.25, -0.2) is 4.39 Å². The number of hydrogen-bond donors (Lipinski definition) is 1. The van der Waals surface area contributed by atoms with E-state index >= 15 is 0 Å². The number of benzene rings is 2. The molecule has 0 aliphatic carbocycles. The van der Waals surface area contributed by atoms with Crippen LogP contribution in [0.2, 0.25) is 0 Å². The normalized spacial score (nSPS) is 17.9. The van der Waals surface area contributed by atoms with Gasteiger partial charge < -0.3 is 20.1 Å². The number of rotatable bonds is 9. The number of carbonyl (C=O) groups is 2. The van der Waals surface area contributed by atoms with Crippen molar-refractivity contribution in [2.75, 3.05) is 26.3 Å². The third-order valence-corrected chi connectivity index (χ3v) is 6.79. The molecule has 2 amide bonds. The number of hydrogen-bond acceptors (Lipinski definition) is 5. The fourth-order valence-corrected chi connectivity index (χ4v) is 4.73. The number of ether oxygens (including phenoxy) is 2. The first-order valence-corrected chi connectivity index (χ1v) is 11.8. The van der Waals surface area contributed by atoms with Crippen molar-refractivity contribution in [3.63, 3.8) is 0 Å². The van der Waals surface area contributed by atoms with Gasteiger partial charge in [0.15, 0.2) is 0 Å². The van der Waals surface area contributed by atoms with Gasteiger partial charge in [-0.05, 0) is 36.2 Å². The molecule has 2 heterocycles. The second kappa shape index (κ2) is 10.2. The number of halogens is 1. The van der Waals surface area contributed by atoms with Gasteiger partial charge in [-0.1, -0.05) is 25.5 Å². The van der Waals surface area contributed by atoms with Crippen LogP contribution in [0.3, 0.4) is 0 Å². The van der Waals surface area contributed by atoms with Gasteiger partial charge in [0.05, 0.1) is 25.2 Å². The van der Waals surface area contributed by atoms with Gasteiger partial charge in [0.2, 0.25) is 5.91 Å². The van der Waals surface area contributed by atoms with Gasteiger partial charge in [-0.2, -0.15) is 0 Å². The van der Waals surface area contributed by atoms with Crippen molar-refractivity contribution in [1.29, 1.82) is 0 Å². The van der Waals surface area contributed by atoms with E-state index in [0.29, 0.717) is 48.5 Å². The summed E-state index contributed by atoms with van der Waals surface area (Å²) in [5, 5.41) is 0. The van der Waals surface area contributed by atoms with E-state index in [1.165, 1.54) is 11.0 Å². The van der Waals surface area contributed by atoms with Crippen LogP contribution in [0.5, 0.6) is 5.75 Å². The molecule has 2 aliphatic heterocycles. The van der Waals surface area contributed by atoms with E-state index in [4.69, 9.17) is 15.2 Å². The Hall–Kier alpha value is -2.91. The van der Waals surface area contributed by atoms with E-state index in [1.54, 1.807) is 32.1 Å². The first kappa shape index (κ1) is 24.2. The van der Waals surface area contributed by atoms with Crippen molar-refractivity contribution in [3.8, 4) is 5.75 Å². The van der Waals surface area contributed by atoms with Crippen molar-refractivity contribution in [2.45, 2.75) is 44.9 Å². The van der Waals surface area contributed by atoms with Crippen molar-refractivity contribution in [3.05, 3.63) is 64.5 Å². The minimum atomic E-state index is -1.08. The Morgan fingerprint density at radius 3 is 2.74 bits per heavy atom. The van der Waals surface area contributed by atoms with Crippen LogP contribution in [0.15, 0.2) is 36.4 Å². The van der Waals surface area contributed by atoms with E-state index in [1.807, 2.05) is 13.0 Å². The Morgan fingerprint density at radius 1 is 1.26 bits per heavy atom. The second-order valence-electron chi connectivity index (χ2n) is 9.16. The van der Waals surface area contributed by atoms with Crippen LogP contribution in [-0.4, -0.2) is 61.2 Å². The van der Waals surface area contributed by atoms with Crippen LogP contribution < -0.4 is 10.5 Å². The molecule has 4 rings (SSSR count). The number of amides is 2. The predicted octanol–water partition coefficient (Wildman–Crippen LogP) is 1.81. The van der Waals surface area contributed by atoms with E-state index in [0.717, 1.165) is 25.2 Å². The maximum atomic E-state index is 14.6. The Labute approximate surface area is 200 Å². The summed E-state index contributed by atoms with van der Waals surface area (Å²) in [7, 11) is 1.71. The molecule has 0 saturated carbocycles. The number of primary amides is 1. The van der Waals surface area contributed by atoms with E-state index in [9.17, 15) is 14.0 Å². The molecule has 180 valence electrons. The summed E-state index contributed by atoms with van der Waals surface area (Å²) < 4.78 is 26.0. The fraction of sp³-hybridized carbons (Fsp3) is 0.440. The molecule has 2 aliphatic rings. The lowest BCUT2D eigenvalue weighted by Crippen LogP contribution is -2.58. The molecule has 7 nitrogen and oxygen atoms in total. The Balaban J connectivity index is 1.51. The summed E-state index contributed by atoms with van der Waals surface area (Å²) >= 11 is 0. The SMILES string of the molecule is BC(CCC)(C(N)=O)N1Cc2c(OCc3cc(CN4CCOCC4)ccc3F)cccc2C1=O. The van der Waals surface area contributed by atoms with Gasteiger partial charge in [-0.3, -0.25) is 14.5 Å². The molecule has 1 fully saturated rings. The molecule has 0 spiro atoms. The lowest BCUT2D eigenvalue weighted by Gasteiger charge is -2.36. The third-order valence-electron chi connectivity index (χ3n) is 6.79. The number of fused-ring (bicyclic) bond motifs is 1. The zero-order valence-electron chi connectivity index (χ0n) is 19.8. The van der Waals surface area contributed by atoms with Gasteiger partial charge in [0.1, 0.15) is 26.0 Å². The van der Waals surface area contributed by atoms with E-state index in [2.05, 4.69) is 4.90 Å². The number of nitrogens with zero attached hydrogens (tertiary/aromatic N) is 2. The highest BCUT2D eigenvalue weighted by atomic mass is 19.1. The highest BCUT2D eigenvalue weighted by Gasteiger charge is 2.44. The Kier molecular flexibility index (Phi) is 7.23. The average molecular weight is 467 g/mol. The maximum Gasteiger partial charge on any atom is 0.254 e. The molecule has 1 saturated heterocycles. The van der Waals surface area contributed by atoms with E-state index in [-0.39, 0.29) is 24.9 Å². The van der Waals surface area contributed by atoms with Crippen LogP contribution in [0.25, 0.3) is 0 Å². The van der Waals surface area contributed by atoms with Gasteiger partial charge in [-0.15, -0.1) is 0 Å². The van der Waals surface area contributed by atoms with Crippen molar-refractivity contribution < 1.29 is 23.5 Å². The van der Waals surface area contributed by atoms with Crippen molar-refractivity contribution in [2.24, 2.45) is 5.73 Å². The number of morpholine rings is 1. The summed E-state index contributed by atoms with van der Waals surface area (Å²) in [5.41, 5.74) is 7.26. The smallest absolute Gasteiger partial charge is 0.254 e. The van der Waals surface area contributed by atoms with Gasteiger partial charge >= 0.3 is 0 Å². The molecular formula is C25H31BFN3O4. The average Bonchev–Trinajstić information content (AvgIpc) is 3.18. The zero-order chi connectivity index (χ0) is 24.3. The summed E-state index contributed by atoms with van der Waals surface area (Å²) in [5.74, 6) is -0.596. The molecule has 1 atom stereocenters. The van der Waals surface area contributed by atoms with Crippen LogP contribution in [0.1, 0.15) is 46.8 Å². The van der Waals surface area contributed by atoms with Gasteiger partial charge in [0, 0.05) is 36.3 Å². The number of carbonyl (C=O) groups excluding carboxylic acids is 2. The first-order valence-electron chi connectivity index (χ1n) is 11.8. The molecule has 0 aromatic heterocycles. The molecule has 0 radical (unpaired) electrons. The zero-order valence-corrected chi connectivity index (χ0v) is 19.8. The summed E-state index contributed by atoms with van der Waals surface area (Å²) in [4.78, 5) is 29.2. The molecule has 34 heavy (non-hydrogen) atoms. The molecular weight excluding hydrogens is 436 g/mol. The maximum absolute atomic E-state index is 14.6. The summed E-state index contributed by atoms with van der Waals surface area (Å²) in [6.45, 7) is 6.06. The Bertz CT molecular complexity index is 1080. The van der Waals surface area contributed by atoms with Crippen molar-refractivity contribution in [1.82, 2.24) is 9.80 Å². The first-order chi connectivity index (χ1) is 16.3. The van der Waals surface area contributed by atoms with Crippen LogP contribution in [-0.2, 0) is 29.2 Å². The van der Waals surface area contributed by atoms with E-state index < -0.39 is 11.3 Å². The molecule has 2 aromatic carbocycles. The molecule has 9 heteroatoms. The summed E-state index contributed by atoms with van der Waals surface area (Å²) in [6, 6.07) is 10.3. The highest BCUT2D eigenvalue weighted by molar-refractivity contribution is 6.30. The minimum absolute atomic E-state index is 0.0372. The molecule has 2 aromatic rings. The van der Waals surface area contributed by atoms with Gasteiger partial charge in [0.25, 0.3) is 5.91 Å². The molecule has 2 N–H and O–H groups in total. The fourth-order valence-electron chi connectivity index (χ4n) is 4.73. The topological polar surface area (TPSA) is 85.1 Å². The largest absolute Gasteiger partial charge is 0.488 e. The van der Waals surface area contributed by atoms with Crippen molar-refractivity contribution >= 4 is 19.7 Å². The highest BCUT2D eigenvalue weighted by Crippen LogP contribution is 2.36. The monoisotopic (exact) mass is 467 g/mol. The summed E-state index contributed by atoms with van der Waals surface area (Å²) in [6.07, 6.45) is 1.18. The number of nitrogens with two attached hydrogens (primary N) is 1. The lowest BCUT2D eigenvalue weighted by molar-refractivity contribution is -0.124. The Morgan fingerprint density at radius 2 is 2.03 bits per heavy atom. The minimum Gasteiger partial charge on any atom is -0.488 e. The molecule has 0 bridgehead atoms. The quantitative estimate of drug-likeness (QED) is 0.569. The standard InChI is InChI=1S/C25H31BFN3O4/c1-2-8-25(26,24(28)32)30-15-20-19(23(30)31)4-3-5-22(20)34-16-18-13-17(6-7-21(18)27)14-29-9-11-33-12-10-29/h3-7,13H,2,8-12,14-16,26H2,1H3,(H2,28,32). The van der Waals surface area contributed by atoms with Crippen LogP contribution in [0, 0.1) is 5.82 Å². The predicted molar refractivity (Wildman–Crippen MR) is 129 cm³/mol. The third kappa shape index (κ3) is 4.81.